The number of hydrogen-bond acceptors (Lipinski definition) is 3. The van der Waals surface area contributed by atoms with Crippen LogP contribution < -0.4 is 5.32 Å². The van der Waals surface area contributed by atoms with Crippen molar-refractivity contribution < 1.29 is 14.7 Å². The van der Waals surface area contributed by atoms with E-state index in [-0.39, 0.29) is 6.03 Å². The molecule has 1 fully saturated rings. The Morgan fingerprint density at radius 3 is 2.56 bits per heavy atom. The van der Waals surface area contributed by atoms with E-state index in [1.807, 2.05) is 7.05 Å². The maximum atomic E-state index is 11.7. The quantitative estimate of drug-likeness (QED) is 0.688. The van der Waals surface area contributed by atoms with Crippen LogP contribution in [0.4, 0.5) is 4.79 Å². The largest absolute Gasteiger partial charge is 0.480 e. The summed E-state index contributed by atoms with van der Waals surface area (Å²) in [5.74, 6) is -1.01. The van der Waals surface area contributed by atoms with E-state index in [0.717, 1.165) is 19.5 Å². The number of carboxylic acids is 1. The minimum Gasteiger partial charge on any atom is -0.480 e. The predicted molar refractivity (Wildman–Crippen MR) is 59.3 cm³/mol. The second-order valence-electron chi connectivity index (χ2n) is 4.15. The lowest BCUT2D eigenvalue weighted by Gasteiger charge is -2.22. The number of carbonyl (C=O) groups excluding carboxylic acids is 1. The van der Waals surface area contributed by atoms with Gasteiger partial charge in [0.25, 0.3) is 0 Å². The molecule has 1 heterocycles. The van der Waals surface area contributed by atoms with Crippen LogP contribution in [0.3, 0.4) is 0 Å². The summed E-state index contributed by atoms with van der Waals surface area (Å²) in [5, 5.41) is 11.1. The third-order valence-electron chi connectivity index (χ3n) is 2.72. The highest BCUT2D eigenvalue weighted by Gasteiger charge is 2.20. The SMILES string of the molecule is CC(NC(=O)N1CCCN(C)CC1)C(=O)O. The fraction of sp³-hybridized carbons (Fsp3) is 0.800. The number of carbonyl (C=O) groups is 2. The summed E-state index contributed by atoms with van der Waals surface area (Å²) in [6, 6.07) is -1.13. The van der Waals surface area contributed by atoms with E-state index in [1.165, 1.54) is 6.92 Å². The number of carboxylic acid groups (broad SMARTS) is 1. The second kappa shape index (κ2) is 5.69. The summed E-state index contributed by atoms with van der Waals surface area (Å²) < 4.78 is 0. The maximum absolute atomic E-state index is 11.7. The maximum Gasteiger partial charge on any atom is 0.325 e. The van der Waals surface area contributed by atoms with Crippen LogP contribution >= 0.6 is 0 Å². The van der Waals surface area contributed by atoms with E-state index >= 15 is 0 Å². The normalized spacial score (nSPS) is 20.0. The number of urea groups is 1. The van der Waals surface area contributed by atoms with E-state index in [9.17, 15) is 9.59 Å². The van der Waals surface area contributed by atoms with Crippen molar-refractivity contribution in [1.29, 1.82) is 0 Å². The number of hydrogen-bond donors (Lipinski definition) is 2. The molecule has 1 unspecified atom stereocenters. The van der Waals surface area contributed by atoms with Crippen LogP contribution in [0.2, 0.25) is 0 Å². The zero-order chi connectivity index (χ0) is 12.1. The lowest BCUT2D eigenvalue weighted by Crippen LogP contribution is -2.47. The topological polar surface area (TPSA) is 72.9 Å². The zero-order valence-electron chi connectivity index (χ0n) is 9.77. The van der Waals surface area contributed by atoms with Gasteiger partial charge in [-0.25, -0.2) is 4.79 Å². The first kappa shape index (κ1) is 12.8. The number of amides is 2. The predicted octanol–water partition coefficient (Wildman–Crippen LogP) is -0.193. The Morgan fingerprint density at radius 2 is 1.94 bits per heavy atom. The van der Waals surface area contributed by atoms with Crippen molar-refractivity contribution in [1.82, 2.24) is 15.1 Å². The standard InChI is InChI=1S/C10H19N3O3/c1-8(9(14)15)11-10(16)13-5-3-4-12(2)6-7-13/h8H,3-7H2,1-2H3,(H,11,16)(H,14,15). The molecule has 0 aromatic heterocycles. The molecule has 1 saturated heterocycles. The van der Waals surface area contributed by atoms with Crippen molar-refractivity contribution in [3.63, 3.8) is 0 Å². The van der Waals surface area contributed by atoms with Gasteiger partial charge in [-0.2, -0.15) is 0 Å². The zero-order valence-corrected chi connectivity index (χ0v) is 9.77. The van der Waals surface area contributed by atoms with Crippen molar-refractivity contribution >= 4 is 12.0 Å². The average molecular weight is 229 g/mol. The third kappa shape index (κ3) is 3.69. The van der Waals surface area contributed by atoms with Gasteiger partial charge in [0, 0.05) is 19.6 Å². The highest BCUT2D eigenvalue weighted by atomic mass is 16.4. The fourth-order valence-corrected chi connectivity index (χ4v) is 1.59. The van der Waals surface area contributed by atoms with Crippen molar-refractivity contribution in [3.8, 4) is 0 Å². The summed E-state index contributed by atoms with van der Waals surface area (Å²) in [6.07, 6.45) is 0.922. The Balaban J connectivity index is 2.44. The smallest absolute Gasteiger partial charge is 0.325 e. The minimum absolute atomic E-state index is 0.287. The van der Waals surface area contributed by atoms with Crippen LogP contribution in [0, 0.1) is 0 Å². The van der Waals surface area contributed by atoms with Gasteiger partial charge in [-0.3, -0.25) is 4.79 Å². The van der Waals surface area contributed by atoms with Gasteiger partial charge in [-0.05, 0) is 26.9 Å². The van der Waals surface area contributed by atoms with E-state index in [0.29, 0.717) is 13.1 Å². The van der Waals surface area contributed by atoms with Crippen molar-refractivity contribution in [2.45, 2.75) is 19.4 Å². The molecule has 2 amide bonds. The summed E-state index contributed by atoms with van der Waals surface area (Å²) in [7, 11) is 2.02. The van der Waals surface area contributed by atoms with Crippen LogP contribution in [-0.2, 0) is 4.79 Å². The Hall–Kier alpha value is -1.30. The third-order valence-corrected chi connectivity index (χ3v) is 2.72. The van der Waals surface area contributed by atoms with Crippen LogP contribution in [0.15, 0.2) is 0 Å². The number of aliphatic carboxylic acids is 1. The van der Waals surface area contributed by atoms with Gasteiger partial charge in [-0.15, -0.1) is 0 Å². The lowest BCUT2D eigenvalue weighted by molar-refractivity contribution is -0.138. The Morgan fingerprint density at radius 1 is 1.25 bits per heavy atom. The molecule has 1 aliphatic heterocycles. The minimum atomic E-state index is -1.01. The monoisotopic (exact) mass is 229 g/mol. The molecule has 1 atom stereocenters. The van der Waals surface area contributed by atoms with Gasteiger partial charge in [0.1, 0.15) is 6.04 Å². The molecule has 6 nitrogen and oxygen atoms in total. The number of nitrogens with one attached hydrogen (secondary N) is 1. The molecule has 6 heteroatoms. The van der Waals surface area contributed by atoms with Crippen LogP contribution in [0.25, 0.3) is 0 Å². The molecule has 1 rings (SSSR count). The second-order valence-corrected chi connectivity index (χ2v) is 4.15. The fourth-order valence-electron chi connectivity index (χ4n) is 1.59. The molecule has 16 heavy (non-hydrogen) atoms. The number of rotatable bonds is 2. The Labute approximate surface area is 95.2 Å². The first-order valence-electron chi connectivity index (χ1n) is 5.47. The highest BCUT2D eigenvalue weighted by molar-refractivity contribution is 5.82. The van der Waals surface area contributed by atoms with E-state index < -0.39 is 12.0 Å². The first-order valence-corrected chi connectivity index (χ1v) is 5.47. The van der Waals surface area contributed by atoms with Crippen LogP contribution in [0.1, 0.15) is 13.3 Å². The van der Waals surface area contributed by atoms with E-state index in [4.69, 9.17) is 5.11 Å². The van der Waals surface area contributed by atoms with Gasteiger partial charge in [0.15, 0.2) is 0 Å². The van der Waals surface area contributed by atoms with Crippen molar-refractivity contribution in [3.05, 3.63) is 0 Å². The molecule has 92 valence electrons. The van der Waals surface area contributed by atoms with Gasteiger partial charge in [0.2, 0.25) is 0 Å². The average Bonchev–Trinajstić information content (AvgIpc) is 2.42. The van der Waals surface area contributed by atoms with Gasteiger partial charge in [-0.1, -0.05) is 0 Å². The first-order chi connectivity index (χ1) is 7.50. The Kier molecular flexibility index (Phi) is 4.54. The molecule has 0 aliphatic carbocycles. The summed E-state index contributed by atoms with van der Waals surface area (Å²) in [4.78, 5) is 26.1. The molecular weight excluding hydrogens is 210 g/mol. The molecule has 0 aromatic rings. The van der Waals surface area contributed by atoms with Gasteiger partial charge < -0.3 is 20.2 Å². The van der Waals surface area contributed by atoms with Crippen LogP contribution in [-0.4, -0.2) is 66.2 Å². The molecule has 2 N–H and O–H groups in total. The lowest BCUT2D eigenvalue weighted by atomic mass is 10.3. The van der Waals surface area contributed by atoms with Crippen molar-refractivity contribution in [2.24, 2.45) is 0 Å². The molecule has 0 bridgehead atoms. The number of likely N-dealkylation sites (N-methyl/N-ethyl adjacent to an activating group) is 1. The van der Waals surface area contributed by atoms with E-state index in [2.05, 4.69) is 10.2 Å². The van der Waals surface area contributed by atoms with E-state index in [1.54, 1.807) is 4.90 Å². The molecule has 0 radical (unpaired) electrons. The van der Waals surface area contributed by atoms with Gasteiger partial charge in [0.05, 0.1) is 0 Å². The highest BCUT2D eigenvalue weighted by Crippen LogP contribution is 2.01. The summed E-state index contributed by atoms with van der Waals surface area (Å²) in [5.41, 5.74) is 0. The molecular formula is C10H19N3O3. The van der Waals surface area contributed by atoms with Gasteiger partial charge >= 0.3 is 12.0 Å². The summed E-state index contributed by atoms with van der Waals surface area (Å²) >= 11 is 0. The molecule has 0 spiro atoms. The Bertz CT molecular complexity index is 270. The van der Waals surface area contributed by atoms with Crippen molar-refractivity contribution in [2.75, 3.05) is 33.2 Å². The number of nitrogens with zero attached hydrogens (tertiary/aromatic N) is 2. The molecule has 1 aliphatic rings. The molecule has 0 aromatic carbocycles. The van der Waals surface area contributed by atoms with Crippen LogP contribution in [0.5, 0.6) is 0 Å². The molecule has 0 saturated carbocycles. The summed E-state index contributed by atoms with van der Waals surface area (Å²) in [6.45, 7) is 4.59.